The molecule has 118 valence electrons. The van der Waals surface area contributed by atoms with Crippen molar-refractivity contribution < 1.29 is 13.6 Å². The van der Waals surface area contributed by atoms with Gasteiger partial charge in [0.15, 0.2) is 0 Å². The molecule has 3 rings (SSSR count). The summed E-state index contributed by atoms with van der Waals surface area (Å²) in [6.07, 6.45) is 0. The number of benzene rings is 3. The average Bonchev–Trinajstić information content (AvgIpc) is 2.55. The Bertz CT molecular complexity index is 836. The summed E-state index contributed by atoms with van der Waals surface area (Å²) in [6.45, 7) is -1.19. The largest absolute Gasteiger partial charge is 0.444 e. The molecule has 1 atom stereocenters. The fourth-order valence-electron chi connectivity index (χ4n) is 2.19. The summed E-state index contributed by atoms with van der Waals surface area (Å²) in [5, 5.41) is 2.15. The van der Waals surface area contributed by atoms with Gasteiger partial charge in [-0.15, -0.1) is 0 Å². The van der Waals surface area contributed by atoms with E-state index in [9.17, 15) is 4.57 Å². The fraction of sp³-hybridized carbons (Fsp3) is 0.111. The highest BCUT2D eigenvalue weighted by Gasteiger charge is 2.28. The van der Waals surface area contributed by atoms with Crippen molar-refractivity contribution in [1.82, 2.24) is 0 Å². The minimum absolute atomic E-state index is 0.324. The molecule has 0 bridgehead atoms. The molecular weight excluding hydrogens is 327 g/mol. The van der Waals surface area contributed by atoms with Crippen LogP contribution in [0.1, 0.15) is 6.92 Å². The molecule has 0 aromatic heterocycles. The lowest BCUT2D eigenvalue weighted by Crippen LogP contribution is -1.95. The standard InChI is InChI=1S/C18H17O3PS/c1-2-20-22(19,23-18-10-4-3-5-11-18)21-17-13-12-15-8-6-7-9-16(15)14-17/h3-14H,2H2,1H3. The van der Waals surface area contributed by atoms with Crippen molar-refractivity contribution in [1.29, 1.82) is 0 Å². The second-order valence-electron chi connectivity index (χ2n) is 4.87. The molecule has 3 aromatic carbocycles. The Kier molecular flexibility index (Phi) is 5.06. The smallest absolute Gasteiger partial charge is 0.417 e. The molecule has 0 saturated heterocycles. The van der Waals surface area contributed by atoms with Crippen LogP contribution in [0.4, 0.5) is 0 Å². The summed E-state index contributed by atoms with van der Waals surface area (Å²) in [5.41, 5.74) is 0. The van der Waals surface area contributed by atoms with Crippen LogP contribution in [-0.4, -0.2) is 6.61 Å². The molecule has 0 fully saturated rings. The Balaban J connectivity index is 1.86. The predicted octanol–water partition coefficient (Wildman–Crippen LogP) is 6.16. The summed E-state index contributed by atoms with van der Waals surface area (Å²) in [6, 6.07) is 23.1. The molecule has 0 aliphatic rings. The Morgan fingerprint density at radius 3 is 2.35 bits per heavy atom. The SMILES string of the molecule is CCOP(=O)(Oc1ccc2ccccc2c1)Sc1ccccc1. The van der Waals surface area contributed by atoms with Gasteiger partial charge in [0.25, 0.3) is 0 Å². The lowest BCUT2D eigenvalue weighted by molar-refractivity contribution is 0.296. The van der Waals surface area contributed by atoms with Crippen LogP contribution in [0.2, 0.25) is 0 Å². The quantitative estimate of drug-likeness (QED) is 0.502. The van der Waals surface area contributed by atoms with Crippen molar-refractivity contribution in [2.24, 2.45) is 0 Å². The number of fused-ring (bicyclic) bond motifs is 1. The van der Waals surface area contributed by atoms with Gasteiger partial charge in [-0.2, -0.15) is 0 Å². The van der Waals surface area contributed by atoms with Gasteiger partial charge in [0.05, 0.1) is 6.61 Å². The number of hydrogen-bond acceptors (Lipinski definition) is 4. The highest BCUT2D eigenvalue weighted by Crippen LogP contribution is 2.63. The van der Waals surface area contributed by atoms with Crippen LogP contribution in [0, 0.1) is 0 Å². The van der Waals surface area contributed by atoms with E-state index in [0.717, 1.165) is 27.0 Å². The summed E-state index contributed by atoms with van der Waals surface area (Å²) in [5.74, 6) is 0.545. The van der Waals surface area contributed by atoms with Crippen LogP contribution in [0.5, 0.6) is 5.75 Å². The average molecular weight is 344 g/mol. The third kappa shape index (κ3) is 4.17. The molecule has 0 N–H and O–H groups in total. The second-order valence-corrected chi connectivity index (χ2v) is 8.75. The second kappa shape index (κ2) is 7.22. The molecule has 23 heavy (non-hydrogen) atoms. The molecule has 0 radical (unpaired) electrons. The zero-order chi connectivity index (χ0) is 16.1. The van der Waals surface area contributed by atoms with E-state index in [-0.39, 0.29) is 0 Å². The van der Waals surface area contributed by atoms with Crippen molar-refractivity contribution in [2.45, 2.75) is 11.8 Å². The van der Waals surface area contributed by atoms with Gasteiger partial charge in [-0.05, 0) is 42.0 Å². The van der Waals surface area contributed by atoms with Gasteiger partial charge in [0, 0.05) is 16.3 Å². The Labute approximate surface area is 139 Å². The van der Waals surface area contributed by atoms with Crippen LogP contribution in [0.3, 0.4) is 0 Å². The van der Waals surface area contributed by atoms with Crippen LogP contribution in [0.15, 0.2) is 77.7 Å². The van der Waals surface area contributed by atoms with Crippen molar-refractivity contribution in [3.05, 3.63) is 72.8 Å². The normalized spacial score (nSPS) is 13.6. The molecule has 1 unspecified atom stereocenters. The Hall–Kier alpha value is -1.74. The van der Waals surface area contributed by atoms with Crippen LogP contribution in [0.25, 0.3) is 10.8 Å². The first-order chi connectivity index (χ1) is 11.2. The summed E-state index contributed by atoms with van der Waals surface area (Å²) < 4.78 is 24.2. The first-order valence-electron chi connectivity index (χ1n) is 7.36. The molecule has 0 aliphatic heterocycles. The highest BCUT2D eigenvalue weighted by atomic mass is 32.7. The lowest BCUT2D eigenvalue weighted by atomic mass is 10.1. The molecule has 0 spiro atoms. The van der Waals surface area contributed by atoms with E-state index in [0.29, 0.717) is 12.4 Å². The molecule has 5 heteroatoms. The molecule has 0 aliphatic carbocycles. The molecule has 0 amide bonds. The maximum atomic E-state index is 13.0. The minimum atomic E-state index is -3.32. The van der Waals surface area contributed by atoms with Gasteiger partial charge < -0.3 is 4.52 Å². The van der Waals surface area contributed by atoms with Crippen molar-refractivity contribution in [3.8, 4) is 5.75 Å². The Morgan fingerprint density at radius 1 is 0.913 bits per heavy atom. The Morgan fingerprint density at radius 2 is 1.61 bits per heavy atom. The number of rotatable bonds is 6. The zero-order valence-electron chi connectivity index (χ0n) is 12.7. The summed E-state index contributed by atoms with van der Waals surface area (Å²) in [4.78, 5) is 0.852. The third-order valence-corrected chi connectivity index (χ3v) is 6.74. The van der Waals surface area contributed by atoms with Crippen LogP contribution < -0.4 is 4.52 Å². The van der Waals surface area contributed by atoms with Crippen molar-refractivity contribution >= 4 is 29.0 Å². The van der Waals surface area contributed by atoms with E-state index in [2.05, 4.69) is 0 Å². The van der Waals surface area contributed by atoms with Gasteiger partial charge in [-0.3, -0.25) is 4.52 Å². The van der Waals surface area contributed by atoms with E-state index in [4.69, 9.17) is 9.05 Å². The van der Waals surface area contributed by atoms with Crippen LogP contribution in [-0.2, 0) is 9.09 Å². The first kappa shape index (κ1) is 16.1. The van der Waals surface area contributed by atoms with Gasteiger partial charge in [-0.25, -0.2) is 4.57 Å². The maximum absolute atomic E-state index is 13.0. The van der Waals surface area contributed by atoms with Gasteiger partial charge in [0.1, 0.15) is 5.75 Å². The highest BCUT2D eigenvalue weighted by molar-refractivity contribution is 8.55. The first-order valence-corrected chi connectivity index (χ1v) is 10.3. The fourth-order valence-corrected chi connectivity index (χ4v) is 5.55. The van der Waals surface area contributed by atoms with E-state index >= 15 is 0 Å². The summed E-state index contributed by atoms with van der Waals surface area (Å²) >= 11 is 1.13. The topological polar surface area (TPSA) is 35.5 Å². The molecule has 0 heterocycles. The lowest BCUT2D eigenvalue weighted by Gasteiger charge is -2.18. The number of hydrogen-bond donors (Lipinski definition) is 0. The van der Waals surface area contributed by atoms with Gasteiger partial charge >= 0.3 is 6.80 Å². The van der Waals surface area contributed by atoms with Crippen LogP contribution >= 0.6 is 18.2 Å². The van der Waals surface area contributed by atoms with Gasteiger partial charge in [-0.1, -0.05) is 48.5 Å². The van der Waals surface area contributed by atoms with E-state index in [1.807, 2.05) is 79.7 Å². The summed E-state index contributed by atoms with van der Waals surface area (Å²) in [7, 11) is 0. The minimum Gasteiger partial charge on any atom is -0.417 e. The third-order valence-electron chi connectivity index (χ3n) is 3.19. The van der Waals surface area contributed by atoms with Crippen molar-refractivity contribution in [2.75, 3.05) is 6.61 Å². The predicted molar refractivity (Wildman–Crippen MR) is 96.1 cm³/mol. The molecule has 0 saturated carbocycles. The van der Waals surface area contributed by atoms with Crippen molar-refractivity contribution in [3.63, 3.8) is 0 Å². The maximum Gasteiger partial charge on any atom is 0.444 e. The molecule has 3 aromatic rings. The van der Waals surface area contributed by atoms with E-state index in [1.54, 1.807) is 0 Å². The van der Waals surface area contributed by atoms with E-state index < -0.39 is 6.80 Å². The zero-order valence-corrected chi connectivity index (χ0v) is 14.4. The molecular formula is C18H17O3PS. The van der Waals surface area contributed by atoms with Gasteiger partial charge in [0.2, 0.25) is 0 Å². The monoisotopic (exact) mass is 344 g/mol. The van der Waals surface area contributed by atoms with E-state index in [1.165, 1.54) is 0 Å². The molecule has 3 nitrogen and oxygen atoms in total.